The second-order valence-electron chi connectivity index (χ2n) is 4.21. The van der Waals surface area contributed by atoms with Crippen LogP contribution in [0.3, 0.4) is 0 Å². The molecule has 0 aromatic heterocycles. The van der Waals surface area contributed by atoms with E-state index in [1.165, 1.54) is 0 Å². The molecule has 3 nitrogen and oxygen atoms in total. The van der Waals surface area contributed by atoms with Crippen molar-refractivity contribution in [2.75, 3.05) is 20.2 Å². The summed E-state index contributed by atoms with van der Waals surface area (Å²) in [6.45, 7) is 6.38. The van der Waals surface area contributed by atoms with Gasteiger partial charge in [-0.25, -0.2) is 0 Å². The van der Waals surface area contributed by atoms with Crippen LogP contribution >= 0.6 is 0 Å². The fourth-order valence-electron chi connectivity index (χ4n) is 1.94. The Kier molecular flexibility index (Phi) is 5.67. The quantitative estimate of drug-likeness (QED) is 0.768. The first-order chi connectivity index (χ1) is 8.22. The van der Waals surface area contributed by atoms with E-state index in [4.69, 9.17) is 4.74 Å². The molecule has 0 aromatic carbocycles. The summed E-state index contributed by atoms with van der Waals surface area (Å²) in [6.07, 6.45) is 8.88. The molecule has 0 fully saturated rings. The fourth-order valence-corrected chi connectivity index (χ4v) is 1.94. The number of nitrogens with zero attached hydrogens (tertiary/aromatic N) is 1. The number of aliphatic hydroxyl groups excluding tert-OH is 1. The third kappa shape index (κ3) is 3.84. The summed E-state index contributed by atoms with van der Waals surface area (Å²) in [5.41, 5.74) is 0.936. The predicted octanol–water partition coefficient (Wildman–Crippen LogP) is 3.37. The van der Waals surface area contributed by atoms with Gasteiger partial charge in [-0.1, -0.05) is 19.9 Å². The normalized spacial score (nSPS) is 17.7. The van der Waals surface area contributed by atoms with Gasteiger partial charge < -0.3 is 14.7 Å². The van der Waals surface area contributed by atoms with Crippen molar-refractivity contribution in [1.82, 2.24) is 4.90 Å². The molecular weight excluding hydrogens is 214 g/mol. The molecule has 96 valence electrons. The van der Waals surface area contributed by atoms with Crippen molar-refractivity contribution < 1.29 is 9.84 Å². The Hall–Kier alpha value is -1.38. The van der Waals surface area contributed by atoms with Crippen LogP contribution in [-0.4, -0.2) is 30.2 Å². The van der Waals surface area contributed by atoms with Crippen molar-refractivity contribution in [1.29, 1.82) is 0 Å². The third-order valence-corrected chi connectivity index (χ3v) is 2.72. The minimum atomic E-state index is 0.271. The molecule has 0 heterocycles. The highest BCUT2D eigenvalue weighted by Gasteiger charge is 2.14. The highest BCUT2D eigenvalue weighted by Crippen LogP contribution is 2.23. The molecule has 0 unspecified atom stereocenters. The number of hydrogen-bond donors (Lipinski definition) is 1. The maximum absolute atomic E-state index is 10.0. The number of aliphatic hydroxyl groups is 1. The second kappa shape index (κ2) is 7.05. The molecule has 0 bridgehead atoms. The summed E-state index contributed by atoms with van der Waals surface area (Å²) >= 11 is 0. The molecule has 0 aliphatic heterocycles. The standard InChI is InChI=1S/C14H23NO2/c1-4-9-15(10-5-2)11-12-7-6-8-13(17-3)14(12)16/h6,8,11,16H,4-5,7,9-10H2,1-3H3. The van der Waals surface area contributed by atoms with Crippen LogP contribution < -0.4 is 0 Å². The van der Waals surface area contributed by atoms with Gasteiger partial charge in [0.05, 0.1) is 7.11 Å². The highest BCUT2D eigenvalue weighted by atomic mass is 16.5. The highest BCUT2D eigenvalue weighted by molar-refractivity contribution is 5.37. The van der Waals surface area contributed by atoms with Gasteiger partial charge in [0.25, 0.3) is 0 Å². The van der Waals surface area contributed by atoms with E-state index in [1.54, 1.807) is 7.11 Å². The number of allylic oxidation sites excluding steroid dienone is 3. The monoisotopic (exact) mass is 237 g/mol. The Bertz CT molecular complexity index is 323. The van der Waals surface area contributed by atoms with Crippen LogP contribution in [0.25, 0.3) is 0 Å². The first-order valence-corrected chi connectivity index (χ1v) is 6.31. The molecule has 0 spiro atoms. The van der Waals surface area contributed by atoms with Gasteiger partial charge in [0.1, 0.15) is 0 Å². The SMILES string of the molecule is CCCN(C=C1CC=CC(OC)=C1O)CCC. The molecule has 0 amide bonds. The zero-order chi connectivity index (χ0) is 12.7. The van der Waals surface area contributed by atoms with E-state index in [0.717, 1.165) is 37.9 Å². The van der Waals surface area contributed by atoms with E-state index in [1.807, 2.05) is 12.2 Å². The Morgan fingerprint density at radius 1 is 1.35 bits per heavy atom. The second-order valence-corrected chi connectivity index (χ2v) is 4.21. The van der Waals surface area contributed by atoms with Crippen molar-refractivity contribution in [2.45, 2.75) is 33.1 Å². The average molecular weight is 237 g/mol. The van der Waals surface area contributed by atoms with Crippen molar-refractivity contribution in [3.05, 3.63) is 35.4 Å². The van der Waals surface area contributed by atoms with Gasteiger partial charge in [0, 0.05) is 24.9 Å². The van der Waals surface area contributed by atoms with E-state index < -0.39 is 0 Å². The summed E-state index contributed by atoms with van der Waals surface area (Å²) < 4.78 is 5.12. The van der Waals surface area contributed by atoms with E-state index in [9.17, 15) is 5.11 Å². The first kappa shape index (κ1) is 13.7. The zero-order valence-electron chi connectivity index (χ0n) is 11.1. The van der Waals surface area contributed by atoms with Crippen molar-refractivity contribution in [2.24, 2.45) is 0 Å². The summed E-state index contributed by atoms with van der Waals surface area (Å²) in [7, 11) is 1.58. The van der Waals surface area contributed by atoms with Gasteiger partial charge in [0.15, 0.2) is 11.5 Å². The van der Waals surface area contributed by atoms with Crippen molar-refractivity contribution in [3.63, 3.8) is 0 Å². The van der Waals surface area contributed by atoms with Gasteiger partial charge in [0.2, 0.25) is 0 Å². The van der Waals surface area contributed by atoms with Crippen molar-refractivity contribution in [3.8, 4) is 0 Å². The van der Waals surface area contributed by atoms with Crippen LogP contribution in [0, 0.1) is 0 Å². The maximum atomic E-state index is 10.0. The van der Waals surface area contributed by atoms with Crippen LogP contribution in [0.2, 0.25) is 0 Å². The zero-order valence-corrected chi connectivity index (χ0v) is 11.1. The largest absolute Gasteiger partial charge is 0.504 e. The fraction of sp³-hybridized carbons (Fsp3) is 0.571. The number of ether oxygens (including phenoxy) is 1. The van der Waals surface area contributed by atoms with Gasteiger partial charge in [-0.3, -0.25) is 0 Å². The molecule has 1 rings (SSSR count). The Morgan fingerprint density at radius 3 is 2.53 bits per heavy atom. The lowest BCUT2D eigenvalue weighted by atomic mass is 10.1. The molecule has 1 N–H and O–H groups in total. The summed E-state index contributed by atoms with van der Waals surface area (Å²) in [5, 5.41) is 10.0. The molecule has 0 saturated heterocycles. The molecule has 3 heteroatoms. The van der Waals surface area contributed by atoms with E-state index in [-0.39, 0.29) is 5.76 Å². The first-order valence-electron chi connectivity index (χ1n) is 6.31. The van der Waals surface area contributed by atoms with Gasteiger partial charge in [-0.05, 0) is 25.3 Å². The lowest BCUT2D eigenvalue weighted by molar-refractivity contribution is 0.268. The molecular formula is C14H23NO2. The average Bonchev–Trinajstić information content (AvgIpc) is 2.32. The molecule has 1 aliphatic carbocycles. The number of rotatable bonds is 6. The summed E-state index contributed by atoms with van der Waals surface area (Å²) in [5.74, 6) is 0.822. The minimum absolute atomic E-state index is 0.271. The van der Waals surface area contributed by atoms with Crippen LogP contribution in [0.15, 0.2) is 35.4 Å². The maximum Gasteiger partial charge on any atom is 0.162 e. The Balaban J connectivity index is 2.82. The van der Waals surface area contributed by atoms with Gasteiger partial charge in [-0.15, -0.1) is 0 Å². The van der Waals surface area contributed by atoms with Gasteiger partial charge >= 0.3 is 0 Å². The Morgan fingerprint density at radius 2 is 2.00 bits per heavy atom. The van der Waals surface area contributed by atoms with Crippen LogP contribution in [0.1, 0.15) is 33.1 Å². The molecule has 17 heavy (non-hydrogen) atoms. The van der Waals surface area contributed by atoms with E-state index in [0.29, 0.717) is 5.76 Å². The van der Waals surface area contributed by atoms with E-state index in [2.05, 4.69) is 24.9 Å². The molecule has 0 aromatic rings. The predicted molar refractivity (Wildman–Crippen MR) is 70.7 cm³/mol. The number of methoxy groups -OCH3 is 1. The topological polar surface area (TPSA) is 32.7 Å². The number of hydrogen-bond acceptors (Lipinski definition) is 3. The summed E-state index contributed by atoms with van der Waals surface area (Å²) in [4.78, 5) is 2.26. The van der Waals surface area contributed by atoms with E-state index >= 15 is 0 Å². The molecule has 0 saturated carbocycles. The molecule has 0 radical (unpaired) electrons. The molecule has 0 atom stereocenters. The van der Waals surface area contributed by atoms with Gasteiger partial charge in [-0.2, -0.15) is 0 Å². The van der Waals surface area contributed by atoms with Crippen LogP contribution in [0.5, 0.6) is 0 Å². The lowest BCUT2D eigenvalue weighted by Gasteiger charge is -2.22. The smallest absolute Gasteiger partial charge is 0.162 e. The Labute approximate surface area is 104 Å². The van der Waals surface area contributed by atoms with Crippen LogP contribution in [-0.2, 0) is 4.74 Å². The third-order valence-electron chi connectivity index (χ3n) is 2.72. The lowest BCUT2D eigenvalue weighted by Crippen LogP contribution is -2.20. The minimum Gasteiger partial charge on any atom is -0.504 e. The van der Waals surface area contributed by atoms with Crippen molar-refractivity contribution >= 4 is 0 Å². The van der Waals surface area contributed by atoms with Crippen LogP contribution in [0.4, 0.5) is 0 Å². The molecule has 1 aliphatic rings. The summed E-state index contributed by atoms with van der Waals surface area (Å²) in [6, 6.07) is 0.